The van der Waals surface area contributed by atoms with E-state index in [9.17, 15) is 9.18 Å². The van der Waals surface area contributed by atoms with E-state index in [0.29, 0.717) is 18.0 Å². The summed E-state index contributed by atoms with van der Waals surface area (Å²) in [5, 5.41) is 5.66. The minimum Gasteiger partial charge on any atom is -0.454 e. The number of ether oxygens (including phenoxy) is 2. The maximum atomic E-state index is 13.4. The van der Waals surface area contributed by atoms with Gasteiger partial charge in [0.05, 0.1) is 5.69 Å². The van der Waals surface area contributed by atoms with Crippen LogP contribution in [0, 0.1) is 5.82 Å². The number of amides is 1. The van der Waals surface area contributed by atoms with Crippen molar-refractivity contribution in [3.05, 3.63) is 48.3 Å². The second-order valence-corrected chi connectivity index (χ2v) is 4.77. The van der Waals surface area contributed by atoms with Gasteiger partial charge in [0, 0.05) is 24.7 Å². The van der Waals surface area contributed by atoms with E-state index in [2.05, 4.69) is 10.6 Å². The zero-order valence-electron chi connectivity index (χ0n) is 11.8. The quantitative estimate of drug-likeness (QED) is 0.891. The van der Waals surface area contributed by atoms with Crippen molar-refractivity contribution in [2.24, 2.45) is 0 Å². The van der Waals surface area contributed by atoms with Gasteiger partial charge in [0.1, 0.15) is 5.82 Å². The van der Waals surface area contributed by atoms with Crippen LogP contribution in [-0.4, -0.2) is 19.2 Å². The summed E-state index contributed by atoms with van der Waals surface area (Å²) in [7, 11) is 0. The van der Waals surface area contributed by atoms with Crippen LogP contribution < -0.4 is 20.1 Å². The van der Waals surface area contributed by atoms with E-state index in [1.54, 1.807) is 12.1 Å². The fourth-order valence-corrected chi connectivity index (χ4v) is 2.10. The number of hydrogen-bond acceptors (Lipinski definition) is 4. The molecule has 0 unspecified atom stereocenters. The van der Waals surface area contributed by atoms with Crippen molar-refractivity contribution < 1.29 is 18.7 Å². The molecule has 0 spiro atoms. The molecule has 22 heavy (non-hydrogen) atoms. The number of rotatable bonds is 5. The highest BCUT2D eigenvalue weighted by molar-refractivity contribution is 5.91. The van der Waals surface area contributed by atoms with Crippen LogP contribution in [0.25, 0.3) is 0 Å². The lowest BCUT2D eigenvalue weighted by molar-refractivity contribution is -0.116. The lowest BCUT2D eigenvalue weighted by Crippen LogP contribution is -2.16. The SMILES string of the molecule is O=C(CCNc1ccc2c(c1)OCO2)Nc1ccccc1F. The Morgan fingerprint density at radius 2 is 1.95 bits per heavy atom. The summed E-state index contributed by atoms with van der Waals surface area (Å²) < 4.78 is 23.9. The summed E-state index contributed by atoms with van der Waals surface area (Å²) in [6.45, 7) is 0.657. The standard InChI is InChI=1S/C16H15FN2O3/c17-12-3-1-2-4-13(12)19-16(20)7-8-18-11-5-6-14-15(9-11)22-10-21-14/h1-6,9,18H,7-8,10H2,(H,19,20). The van der Waals surface area contributed by atoms with Gasteiger partial charge in [-0.05, 0) is 24.3 Å². The largest absolute Gasteiger partial charge is 0.454 e. The van der Waals surface area contributed by atoms with E-state index >= 15 is 0 Å². The third-order valence-electron chi connectivity index (χ3n) is 3.20. The average Bonchev–Trinajstić information content (AvgIpc) is 2.97. The molecule has 2 aromatic carbocycles. The number of hydrogen-bond donors (Lipinski definition) is 2. The number of carbonyl (C=O) groups is 1. The first kappa shape index (κ1) is 14.2. The molecule has 114 valence electrons. The number of nitrogens with one attached hydrogen (secondary N) is 2. The minimum absolute atomic E-state index is 0.190. The van der Waals surface area contributed by atoms with Gasteiger partial charge in [-0.25, -0.2) is 4.39 Å². The molecule has 1 aliphatic heterocycles. The second-order valence-electron chi connectivity index (χ2n) is 4.77. The second kappa shape index (κ2) is 6.34. The molecular weight excluding hydrogens is 287 g/mol. The molecule has 6 heteroatoms. The predicted molar refractivity (Wildman–Crippen MR) is 80.7 cm³/mol. The third kappa shape index (κ3) is 3.28. The summed E-state index contributed by atoms with van der Waals surface area (Å²) in [6, 6.07) is 11.6. The van der Waals surface area contributed by atoms with Crippen LogP contribution in [-0.2, 0) is 4.79 Å². The Bertz CT molecular complexity index is 691. The first-order chi connectivity index (χ1) is 10.7. The topological polar surface area (TPSA) is 59.6 Å². The van der Waals surface area contributed by atoms with Gasteiger partial charge in [0.2, 0.25) is 12.7 Å². The molecule has 0 fully saturated rings. The highest BCUT2D eigenvalue weighted by Crippen LogP contribution is 2.34. The van der Waals surface area contributed by atoms with Gasteiger partial charge in [-0.15, -0.1) is 0 Å². The van der Waals surface area contributed by atoms with Crippen LogP contribution in [0.15, 0.2) is 42.5 Å². The molecule has 1 amide bonds. The fraction of sp³-hybridized carbons (Fsp3) is 0.188. The van der Waals surface area contributed by atoms with Crippen LogP contribution in [0.1, 0.15) is 6.42 Å². The molecule has 2 aromatic rings. The van der Waals surface area contributed by atoms with Crippen molar-refractivity contribution in [3.8, 4) is 11.5 Å². The van der Waals surface area contributed by atoms with Gasteiger partial charge >= 0.3 is 0 Å². The molecule has 0 radical (unpaired) electrons. The summed E-state index contributed by atoms with van der Waals surface area (Å²) >= 11 is 0. The fourth-order valence-electron chi connectivity index (χ4n) is 2.10. The Balaban J connectivity index is 1.49. The van der Waals surface area contributed by atoms with Crippen molar-refractivity contribution in [1.82, 2.24) is 0 Å². The lowest BCUT2D eigenvalue weighted by atomic mass is 10.2. The van der Waals surface area contributed by atoms with Crippen molar-refractivity contribution in [3.63, 3.8) is 0 Å². The number of para-hydroxylation sites is 1. The van der Waals surface area contributed by atoms with Crippen LogP contribution in [0.3, 0.4) is 0 Å². The molecule has 1 heterocycles. The molecule has 0 aliphatic carbocycles. The van der Waals surface area contributed by atoms with Crippen LogP contribution in [0.5, 0.6) is 11.5 Å². The van der Waals surface area contributed by atoms with Gasteiger partial charge in [-0.2, -0.15) is 0 Å². The summed E-state index contributed by atoms with van der Waals surface area (Å²) in [6.07, 6.45) is 0.225. The molecular formula is C16H15FN2O3. The summed E-state index contributed by atoms with van der Waals surface area (Å²) in [4.78, 5) is 11.8. The first-order valence-corrected chi connectivity index (χ1v) is 6.90. The predicted octanol–water partition coefficient (Wildman–Crippen LogP) is 3.00. The van der Waals surface area contributed by atoms with Crippen molar-refractivity contribution in [2.75, 3.05) is 24.0 Å². The van der Waals surface area contributed by atoms with E-state index in [4.69, 9.17) is 9.47 Å². The summed E-state index contributed by atoms with van der Waals surface area (Å²) in [5.74, 6) is 0.696. The van der Waals surface area contributed by atoms with Gasteiger partial charge in [0.25, 0.3) is 0 Å². The molecule has 3 rings (SSSR count). The Morgan fingerprint density at radius 3 is 2.82 bits per heavy atom. The summed E-state index contributed by atoms with van der Waals surface area (Å²) in [5.41, 5.74) is 1.03. The van der Waals surface area contributed by atoms with Gasteiger partial charge in [0.15, 0.2) is 11.5 Å². The zero-order chi connectivity index (χ0) is 15.4. The maximum absolute atomic E-state index is 13.4. The lowest BCUT2D eigenvalue weighted by Gasteiger charge is -2.08. The zero-order valence-corrected chi connectivity index (χ0v) is 11.8. The van der Waals surface area contributed by atoms with Crippen LogP contribution in [0.2, 0.25) is 0 Å². The van der Waals surface area contributed by atoms with E-state index in [1.807, 2.05) is 18.2 Å². The van der Waals surface area contributed by atoms with Crippen LogP contribution >= 0.6 is 0 Å². The molecule has 0 saturated carbocycles. The Morgan fingerprint density at radius 1 is 1.14 bits per heavy atom. The Hall–Kier alpha value is -2.76. The Labute approximate surface area is 127 Å². The first-order valence-electron chi connectivity index (χ1n) is 6.90. The molecule has 0 aromatic heterocycles. The maximum Gasteiger partial charge on any atom is 0.231 e. The number of halogens is 1. The molecule has 0 bridgehead atoms. The molecule has 5 nitrogen and oxygen atoms in total. The smallest absolute Gasteiger partial charge is 0.231 e. The third-order valence-corrected chi connectivity index (χ3v) is 3.20. The van der Waals surface area contributed by atoms with Crippen molar-refractivity contribution in [1.29, 1.82) is 0 Å². The monoisotopic (exact) mass is 302 g/mol. The van der Waals surface area contributed by atoms with E-state index in [0.717, 1.165) is 5.69 Å². The minimum atomic E-state index is -0.445. The van der Waals surface area contributed by atoms with Crippen LogP contribution in [0.4, 0.5) is 15.8 Å². The van der Waals surface area contributed by atoms with Gasteiger partial charge in [-0.1, -0.05) is 12.1 Å². The number of carbonyl (C=O) groups excluding carboxylic acids is 1. The molecule has 2 N–H and O–H groups in total. The number of fused-ring (bicyclic) bond motifs is 1. The number of anilines is 2. The van der Waals surface area contributed by atoms with E-state index < -0.39 is 5.82 Å². The molecule has 0 saturated heterocycles. The van der Waals surface area contributed by atoms with E-state index in [1.165, 1.54) is 12.1 Å². The van der Waals surface area contributed by atoms with Crippen molar-refractivity contribution in [2.45, 2.75) is 6.42 Å². The normalized spacial score (nSPS) is 12.0. The average molecular weight is 302 g/mol. The Kier molecular flexibility index (Phi) is 4.09. The highest BCUT2D eigenvalue weighted by atomic mass is 19.1. The highest BCUT2D eigenvalue weighted by Gasteiger charge is 2.13. The van der Waals surface area contributed by atoms with Crippen molar-refractivity contribution >= 4 is 17.3 Å². The molecule has 0 atom stereocenters. The van der Waals surface area contributed by atoms with Gasteiger partial charge in [-0.3, -0.25) is 4.79 Å². The number of benzene rings is 2. The van der Waals surface area contributed by atoms with E-state index in [-0.39, 0.29) is 24.8 Å². The van der Waals surface area contributed by atoms with Gasteiger partial charge < -0.3 is 20.1 Å². The molecule has 1 aliphatic rings.